The second-order valence-electron chi connectivity index (χ2n) is 5.86. The van der Waals surface area contributed by atoms with Gasteiger partial charge in [0.15, 0.2) is 0 Å². The van der Waals surface area contributed by atoms with Crippen LogP contribution in [-0.4, -0.2) is 31.8 Å². The first-order valence-electron chi connectivity index (χ1n) is 7.72. The number of benzene rings is 2. The number of hydrogen-bond acceptors (Lipinski definition) is 4. The van der Waals surface area contributed by atoms with E-state index in [2.05, 4.69) is 10.0 Å². The third kappa shape index (κ3) is 3.67. The van der Waals surface area contributed by atoms with Gasteiger partial charge in [0.05, 0.1) is 18.0 Å². The fourth-order valence-corrected chi connectivity index (χ4v) is 3.55. The molecule has 1 aliphatic rings. The van der Waals surface area contributed by atoms with Gasteiger partial charge in [0.1, 0.15) is 5.82 Å². The third-order valence-corrected chi connectivity index (χ3v) is 5.29. The van der Waals surface area contributed by atoms with Gasteiger partial charge in [0, 0.05) is 5.69 Å². The summed E-state index contributed by atoms with van der Waals surface area (Å²) in [5.41, 5.74) is 1.17. The molecule has 2 aromatic carbocycles. The van der Waals surface area contributed by atoms with E-state index in [1.165, 1.54) is 24.3 Å². The molecule has 26 heavy (non-hydrogen) atoms. The summed E-state index contributed by atoms with van der Waals surface area (Å²) in [6.07, 6.45) is 0. The molecule has 0 aromatic heterocycles. The molecule has 7 nitrogen and oxygen atoms in total. The molecule has 3 amide bonds. The van der Waals surface area contributed by atoms with E-state index in [4.69, 9.17) is 0 Å². The van der Waals surface area contributed by atoms with E-state index >= 15 is 0 Å². The van der Waals surface area contributed by atoms with Crippen LogP contribution in [0.4, 0.5) is 14.9 Å². The Morgan fingerprint density at radius 1 is 1.19 bits per heavy atom. The zero-order valence-corrected chi connectivity index (χ0v) is 14.6. The second kappa shape index (κ2) is 6.75. The molecule has 0 aliphatic carbocycles. The normalized spacial score (nSPS) is 14.5. The second-order valence-corrected chi connectivity index (χ2v) is 7.54. The summed E-state index contributed by atoms with van der Waals surface area (Å²) >= 11 is 0. The summed E-state index contributed by atoms with van der Waals surface area (Å²) in [5.74, 6) is -0.962. The highest BCUT2D eigenvalue weighted by Gasteiger charge is 2.28. The number of carbonyl (C=O) groups is 2. The number of nitrogens with one attached hydrogen (secondary N) is 2. The Bertz CT molecular complexity index is 975. The van der Waals surface area contributed by atoms with E-state index in [0.29, 0.717) is 11.1 Å². The number of amides is 3. The maximum Gasteiger partial charge on any atom is 0.324 e. The minimum absolute atomic E-state index is 0.0272. The van der Waals surface area contributed by atoms with E-state index < -0.39 is 21.9 Å². The van der Waals surface area contributed by atoms with Crippen molar-refractivity contribution in [3.63, 3.8) is 0 Å². The quantitative estimate of drug-likeness (QED) is 0.779. The molecule has 9 heteroatoms. The summed E-state index contributed by atoms with van der Waals surface area (Å²) in [6.45, 7) is 1.52. The summed E-state index contributed by atoms with van der Waals surface area (Å²) in [4.78, 5) is 24.1. The van der Waals surface area contributed by atoms with Crippen molar-refractivity contribution in [2.24, 2.45) is 0 Å². The number of nitrogens with zero attached hydrogens (tertiary/aromatic N) is 1. The Balaban J connectivity index is 1.80. The van der Waals surface area contributed by atoms with Crippen molar-refractivity contribution >= 4 is 27.6 Å². The Labute approximate surface area is 149 Å². The van der Waals surface area contributed by atoms with Gasteiger partial charge in [-0.3, -0.25) is 14.4 Å². The van der Waals surface area contributed by atoms with Crippen molar-refractivity contribution in [1.82, 2.24) is 10.2 Å². The lowest BCUT2D eigenvalue weighted by Gasteiger charge is -2.14. The largest absolute Gasteiger partial charge is 0.329 e. The number of imide groups is 1. The van der Waals surface area contributed by atoms with Crippen molar-refractivity contribution < 1.29 is 22.4 Å². The van der Waals surface area contributed by atoms with Crippen LogP contribution in [0.1, 0.15) is 11.1 Å². The zero-order valence-electron chi connectivity index (χ0n) is 13.8. The molecular weight excluding hydrogens is 361 g/mol. The summed E-state index contributed by atoms with van der Waals surface area (Å²) < 4.78 is 40.9. The van der Waals surface area contributed by atoms with Gasteiger partial charge in [-0.25, -0.2) is 17.6 Å². The molecule has 1 fully saturated rings. The average Bonchev–Trinajstić information content (AvgIpc) is 2.89. The summed E-state index contributed by atoms with van der Waals surface area (Å²) in [6, 6.07) is 9.48. The van der Waals surface area contributed by atoms with Crippen molar-refractivity contribution in [2.75, 3.05) is 11.3 Å². The van der Waals surface area contributed by atoms with Gasteiger partial charge >= 0.3 is 6.03 Å². The van der Waals surface area contributed by atoms with Gasteiger partial charge in [-0.15, -0.1) is 0 Å². The van der Waals surface area contributed by atoms with Crippen LogP contribution < -0.4 is 10.0 Å². The standard InChI is InChI=1S/C17H16FN3O4S/c1-11-5-6-14(8-15(11)18)26(24,25)20-13-4-2-3-12(7-13)10-21-16(22)9-19-17(21)23/h2-8,20H,9-10H2,1H3,(H,19,23). The van der Waals surface area contributed by atoms with Crippen LogP contribution in [0.15, 0.2) is 47.4 Å². The molecule has 1 aliphatic heterocycles. The monoisotopic (exact) mass is 377 g/mol. The van der Waals surface area contributed by atoms with Crippen LogP contribution in [0.25, 0.3) is 0 Å². The molecule has 0 spiro atoms. The van der Waals surface area contributed by atoms with E-state index in [1.54, 1.807) is 19.1 Å². The van der Waals surface area contributed by atoms with Crippen molar-refractivity contribution in [2.45, 2.75) is 18.4 Å². The Morgan fingerprint density at radius 3 is 2.62 bits per heavy atom. The van der Waals surface area contributed by atoms with Crippen LogP contribution in [0.3, 0.4) is 0 Å². The van der Waals surface area contributed by atoms with E-state index in [1.807, 2.05) is 0 Å². The lowest BCUT2D eigenvalue weighted by molar-refractivity contribution is -0.125. The van der Waals surface area contributed by atoms with Crippen LogP contribution in [0.2, 0.25) is 0 Å². The molecule has 0 saturated carbocycles. The number of hydrogen-bond donors (Lipinski definition) is 2. The number of rotatable bonds is 5. The molecular formula is C17H16FN3O4S. The SMILES string of the molecule is Cc1ccc(S(=O)(=O)Nc2cccc(CN3C(=O)CNC3=O)c2)cc1F. The first-order valence-corrected chi connectivity index (χ1v) is 9.21. The highest BCUT2D eigenvalue weighted by atomic mass is 32.2. The highest BCUT2D eigenvalue weighted by Crippen LogP contribution is 2.20. The fraction of sp³-hybridized carbons (Fsp3) is 0.176. The molecule has 0 radical (unpaired) electrons. The molecule has 1 saturated heterocycles. The summed E-state index contributed by atoms with van der Waals surface area (Å²) in [5, 5.41) is 2.41. The number of carbonyl (C=O) groups excluding carboxylic acids is 2. The van der Waals surface area contributed by atoms with E-state index in [9.17, 15) is 22.4 Å². The average molecular weight is 377 g/mol. The van der Waals surface area contributed by atoms with Gasteiger partial charge in [-0.2, -0.15) is 0 Å². The lowest BCUT2D eigenvalue weighted by Crippen LogP contribution is -2.30. The Morgan fingerprint density at radius 2 is 1.96 bits per heavy atom. The first-order chi connectivity index (χ1) is 12.3. The van der Waals surface area contributed by atoms with Crippen molar-refractivity contribution in [1.29, 1.82) is 0 Å². The molecule has 3 rings (SSSR count). The smallest absolute Gasteiger partial charge is 0.324 e. The van der Waals surface area contributed by atoms with Gasteiger partial charge < -0.3 is 5.32 Å². The van der Waals surface area contributed by atoms with Gasteiger partial charge in [-0.05, 0) is 42.3 Å². The fourth-order valence-electron chi connectivity index (χ4n) is 2.49. The van der Waals surface area contributed by atoms with Gasteiger partial charge in [0.2, 0.25) is 5.91 Å². The summed E-state index contributed by atoms with van der Waals surface area (Å²) in [7, 11) is -3.97. The van der Waals surface area contributed by atoms with Crippen LogP contribution in [0, 0.1) is 12.7 Å². The first kappa shape index (κ1) is 17.9. The van der Waals surface area contributed by atoms with Crippen LogP contribution >= 0.6 is 0 Å². The molecule has 2 aromatic rings. The highest BCUT2D eigenvalue weighted by molar-refractivity contribution is 7.92. The van der Waals surface area contributed by atoms with E-state index in [-0.39, 0.29) is 29.6 Å². The zero-order chi connectivity index (χ0) is 18.9. The third-order valence-electron chi connectivity index (χ3n) is 3.91. The Hall–Kier alpha value is -2.94. The van der Waals surface area contributed by atoms with Crippen molar-refractivity contribution in [3.05, 3.63) is 59.4 Å². The number of urea groups is 1. The van der Waals surface area contributed by atoms with Crippen molar-refractivity contribution in [3.8, 4) is 0 Å². The molecule has 0 atom stereocenters. The maximum absolute atomic E-state index is 13.6. The number of sulfonamides is 1. The van der Waals surface area contributed by atoms with Crippen LogP contribution in [-0.2, 0) is 21.4 Å². The van der Waals surface area contributed by atoms with Gasteiger partial charge in [0.25, 0.3) is 10.0 Å². The molecule has 0 bridgehead atoms. The molecule has 1 heterocycles. The number of halogens is 1. The topological polar surface area (TPSA) is 95.6 Å². The maximum atomic E-state index is 13.6. The lowest BCUT2D eigenvalue weighted by atomic mass is 10.2. The van der Waals surface area contributed by atoms with E-state index in [0.717, 1.165) is 11.0 Å². The predicted molar refractivity (Wildman–Crippen MR) is 92.3 cm³/mol. The van der Waals surface area contributed by atoms with Gasteiger partial charge in [-0.1, -0.05) is 18.2 Å². The van der Waals surface area contributed by atoms with Crippen LogP contribution in [0.5, 0.6) is 0 Å². The minimum Gasteiger partial charge on any atom is -0.329 e. The molecule has 2 N–H and O–H groups in total. The molecule has 136 valence electrons. The number of anilines is 1. The molecule has 0 unspecified atom stereocenters. The minimum atomic E-state index is -3.97. The number of aryl methyl sites for hydroxylation is 1. The predicted octanol–water partition coefficient (Wildman–Crippen LogP) is 1.99. The Kier molecular flexibility index (Phi) is 4.64.